The van der Waals surface area contributed by atoms with Crippen LogP contribution in [-0.4, -0.2) is 37.0 Å². The zero-order valence-electron chi connectivity index (χ0n) is 11.9. The molecule has 1 saturated carbocycles. The largest absolute Gasteiger partial charge is 0.489 e. The number of ether oxygens (including phenoxy) is 2. The second-order valence-electron chi connectivity index (χ2n) is 5.07. The van der Waals surface area contributed by atoms with Gasteiger partial charge in [0.2, 0.25) is 0 Å². The summed E-state index contributed by atoms with van der Waals surface area (Å²) in [6.45, 7) is 1.20. The average molecular weight is 304 g/mol. The van der Waals surface area contributed by atoms with E-state index in [1.807, 2.05) is 13.0 Å². The molecule has 1 aromatic rings. The van der Waals surface area contributed by atoms with Crippen molar-refractivity contribution in [3.63, 3.8) is 0 Å². The number of pyridine rings is 1. The lowest BCUT2D eigenvalue weighted by Crippen LogP contribution is -2.20. The van der Waals surface area contributed by atoms with E-state index in [1.54, 1.807) is 6.07 Å². The van der Waals surface area contributed by atoms with E-state index in [1.165, 1.54) is 12.8 Å². The lowest BCUT2D eigenvalue weighted by Gasteiger charge is -2.13. The summed E-state index contributed by atoms with van der Waals surface area (Å²) in [5.74, 6) is 0.587. The van der Waals surface area contributed by atoms with E-state index in [2.05, 4.69) is 15.0 Å². The summed E-state index contributed by atoms with van der Waals surface area (Å²) < 4.78 is 45.7. The molecule has 0 aliphatic heterocycles. The summed E-state index contributed by atoms with van der Waals surface area (Å²) in [6, 6.07) is 4.15. The summed E-state index contributed by atoms with van der Waals surface area (Å²) in [5.41, 5.74) is 1.65. The van der Waals surface area contributed by atoms with Gasteiger partial charge in [-0.2, -0.15) is 13.2 Å². The highest BCUT2D eigenvalue weighted by atomic mass is 19.4. The van der Waals surface area contributed by atoms with E-state index in [4.69, 9.17) is 4.74 Å². The third-order valence-corrected chi connectivity index (χ3v) is 2.96. The van der Waals surface area contributed by atoms with E-state index in [9.17, 15) is 13.2 Å². The molecule has 1 N–H and O–H groups in total. The van der Waals surface area contributed by atoms with Gasteiger partial charge in [0.15, 0.2) is 0 Å². The highest BCUT2D eigenvalue weighted by Gasteiger charge is 2.27. The Kier molecular flexibility index (Phi) is 5.41. The zero-order valence-corrected chi connectivity index (χ0v) is 11.9. The Labute approximate surface area is 121 Å². The van der Waals surface area contributed by atoms with E-state index in [0.29, 0.717) is 18.3 Å². The Hall–Kier alpha value is -1.34. The van der Waals surface area contributed by atoms with Gasteiger partial charge in [-0.25, -0.2) is 0 Å². The van der Waals surface area contributed by atoms with Gasteiger partial charge in [-0.05, 0) is 31.9 Å². The fraction of sp³-hybridized carbons (Fsp3) is 0.643. The number of halogens is 3. The number of alkyl halides is 3. The topological polar surface area (TPSA) is 43.4 Å². The first-order valence-corrected chi connectivity index (χ1v) is 6.91. The van der Waals surface area contributed by atoms with Gasteiger partial charge in [-0.1, -0.05) is 0 Å². The average Bonchev–Trinajstić information content (AvgIpc) is 3.20. The van der Waals surface area contributed by atoms with Crippen LogP contribution in [0.1, 0.15) is 24.2 Å². The molecular formula is C14H19F3N2O2. The molecule has 0 saturated heterocycles. The van der Waals surface area contributed by atoms with Crippen LogP contribution in [-0.2, 0) is 11.3 Å². The van der Waals surface area contributed by atoms with Crippen molar-refractivity contribution in [2.24, 2.45) is 0 Å². The molecular weight excluding hydrogens is 285 g/mol. The Morgan fingerprint density at radius 2 is 2.05 bits per heavy atom. The lowest BCUT2D eigenvalue weighted by atomic mass is 10.3. The molecule has 1 fully saturated rings. The van der Waals surface area contributed by atoms with Crippen LogP contribution in [0.3, 0.4) is 0 Å². The second-order valence-corrected chi connectivity index (χ2v) is 5.07. The van der Waals surface area contributed by atoms with Crippen LogP contribution < -0.4 is 10.1 Å². The van der Waals surface area contributed by atoms with Crippen molar-refractivity contribution in [3.05, 3.63) is 23.5 Å². The van der Waals surface area contributed by atoms with E-state index in [-0.39, 0.29) is 13.2 Å². The van der Waals surface area contributed by atoms with Crippen LogP contribution >= 0.6 is 0 Å². The van der Waals surface area contributed by atoms with Crippen molar-refractivity contribution >= 4 is 0 Å². The number of nitrogens with zero attached hydrogens (tertiary/aromatic N) is 1. The molecule has 1 aliphatic rings. The molecule has 0 aromatic carbocycles. The summed E-state index contributed by atoms with van der Waals surface area (Å²) >= 11 is 0. The molecule has 1 aromatic heterocycles. The van der Waals surface area contributed by atoms with Gasteiger partial charge < -0.3 is 14.8 Å². The van der Waals surface area contributed by atoms with Crippen LogP contribution in [0.25, 0.3) is 0 Å². The van der Waals surface area contributed by atoms with Gasteiger partial charge in [0.1, 0.15) is 19.0 Å². The normalized spacial score (nSPS) is 15.2. The molecule has 0 atom stereocenters. The maximum Gasteiger partial charge on any atom is 0.411 e. The Bertz CT molecular complexity index is 462. The predicted octanol–water partition coefficient (Wildman–Crippen LogP) is 2.60. The fourth-order valence-corrected chi connectivity index (χ4v) is 1.78. The first-order valence-electron chi connectivity index (χ1n) is 6.91. The molecule has 21 heavy (non-hydrogen) atoms. The third kappa shape index (κ3) is 6.31. The Morgan fingerprint density at radius 1 is 1.29 bits per heavy atom. The molecule has 4 nitrogen and oxygen atoms in total. The zero-order chi connectivity index (χ0) is 15.3. The minimum absolute atomic E-state index is 0.0667. The molecule has 118 valence electrons. The monoisotopic (exact) mass is 304 g/mol. The fourth-order valence-electron chi connectivity index (χ4n) is 1.78. The number of nitrogens with one attached hydrogen (secondary N) is 1. The number of rotatable bonds is 8. The van der Waals surface area contributed by atoms with Gasteiger partial charge in [-0.15, -0.1) is 0 Å². The van der Waals surface area contributed by atoms with E-state index < -0.39 is 12.8 Å². The van der Waals surface area contributed by atoms with Crippen molar-refractivity contribution in [2.75, 3.05) is 19.8 Å². The van der Waals surface area contributed by atoms with Gasteiger partial charge in [0, 0.05) is 18.3 Å². The van der Waals surface area contributed by atoms with Crippen molar-refractivity contribution in [2.45, 2.75) is 38.5 Å². The SMILES string of the molecule is Cc1ccc(OCCOCC(F)(F)F)c(CNC2CC2)n1. The van der Waals surface area contributed by atoms with Crippen molar-refractivity contribution in [1.82, 2.24) is 10.3 Å². The quantitative estimate of drug-likeness (QED) is 0.750. The van der Waals surface area contributed by atoms with Crippen LogP contribution in [0.4, 0.5) is 13.2 Å². The van der Waals surface area contributed by atoms with Crippen molar-refractivity contribution < 1.29 is 22.6 Å². The van der Waals surface area contributed by atoms with Gasteiger partial charge in [0.25, 0.3) is 0 Å². The molecule has 0 radical (unpaired) electrons. The van der Waals surface area contributed by atoms with Crippen molar-refractivity contribution in [3.8, 4) is 5.75 Å². The highest BCUT2D eigenvalue weighted by molar-refractivity contribution is 5.29. The Balaban J connectivity index is 1.78. The second kappa shape index (κ2) is 7.09. The van der Waals surface area contributed by atoms with E-state index in [0.717, 1.165) is 11.4 Å². The van der Waals surface area contributed by atoms with Crippen LogP contribution in [0.5, 0.6) is 5.75 Å². The number of aryl methyl sites for hydroxylation is 1. The number of hydrogen-bond donors (Lipinski definition) is 1. The molecule has 0 amide bonds. The molecule has 0 spiro atoms. The number of hydrogen-bond acceptors (Lipinski definition) is 4. The van der Waals surface area contributed by atoms with E-state index >= 15 is 0 Å². The highest BCUT2D eigenvalue weighted by Crippen LogP contribution is 2.22. The Morgan fingerprint density at radius 3 is 2.71 bits per heavy atom. The molecule has 0 bridgehead atoms. The summed E-state index contributed by atoms with van der Waals surface area (Å²) in [5, 5.41) is 3.34. The van der Waals surface area contributed by atoms with Crippen LogP contribution in [0, 0.1) is 6.92 Å². The molecule has 7 heteroatoms. The standard InChI is InChI=1S/C14H19F3N2O2/c1-10-2-5-13(12(19-10)8-18-11-3-4-11)21-7-6-20-9-14(15,16)17/h2,5,11,18H,3-4,6-9H2,1H3. The maximum absolute atomic E-state index is 11.9. The van der Waals surface area contributed by atoms with Crippen molar-refractivity contribution in [1.29, 1.82) is 0 Å². The first-order chi connectivity index (χ1) is 9.94. The van der Waals surface area contributed by atoms with Crippen LogP contribution in [0.2, 0.25) is 0 Å². The number of aromatic nitrogens is 1. The summed E-state index contributed by atoms with van der Waals surface area (Å²) in [6.07, 6.45) is -1.95. The smallest absolute Gasteiger partial charge is 0.411 e. The van der Waals surface area contributed by atoms with Gasteiger partial charge in [0.05, 0.1) is 12.3 Å². The lowest BCUT2D eigenvalue weighted by molar-refractivity contribution is -0.175. The molecule has 1 heterocycles. The minimum Gasteiger partial charge on any atom is -0.489 e. The summed E-state index contributed by atoms with van der Waals surface area (Å²) in [4.78, 5) is 4.40. The van der Waals surface area contributed by atoms with Gasteiger partial charge >= 0.3 is 6.18 Å². The molecule has 2 rings (SSSR count). The third-order valence-electron chi connectivity index (χ3n) is 2.96. The summed E-state index contributed by atoms with van der Waals surface area (Å²) in [7, 11) is 0. The molecule has 0 unspecified atom stereocenters. The minimum atomic E-state index is -4.30. The first kappa shape index (κ1) is 16.0. The van der Waals surface area contributed by atoms with Crippen LogP contribution in [0.15, 0.2) is 12.1 Å². The van der Waals surface area contributed by atoms with Gasteiger partial charge in [-0.3, -0.25) is 4.98 Å². The predicted molar refractivity (Wildman–Crippen MR) is 71.2 cm³/mol. The maximum atomic E-state index is 11.9. The molecule has 1 aliphatic carbocycles.